The molecule has 1 heterocycles. The molecule has 2 rings (SSSR count). The van der Waals surface area contributed by atoms with Crippen molar-refractivity contribution in [1.82, 2.24) is 9.78 Å². The maximum absolute atomic E-state index is 13.3. The van der Waals surface area contributed by atoms with Crippen LogP contribution in [0.2, 0.25) is 0 Å². The molecule has 0 spiro atoms. The number of halogens is 1. The zero-order chi connectivity index (χ0) is 10.3. The lowest BCUT2D eigenvalue weighted by molar-refractivity contribution is 0.0696. The normalized spacial score (nSPS) is 10.7. The van der Waals surface area contributed by atoms with Crippen LogP contribution in [-0.2, 0) is 7.05 Å². The first-order valence-electron chi connectivity index (χ1n) is 3.94. The molecular formula is C9H7FN2O2. The number of carboxylic acid groups (broad SMARTS) is 1. The van der Waals surface area contributed by atoms with Gasteiger partial charge in [-0.3, -0.25) is 4.68 Å². The Morgan fingerprint density at radius 3 is 2.93 bits per heavy atom. The fourth-order valence-corrected chi connectivity index (χ4v) is 1.32. The van der Waals surface area contributed by atoms with Gasteiger partial charge in [-0.05, 0) is 12.1 Å². The number of fused-ring (bicyclic) bond motifs is 1. The van der Waals surface area contributed by atoms with Crippen LogP contribution >= 0.6 is 0 Å². The van der Waals surface area contributed by atoms with Crippen LogP contribution in [0.15, 0.2) is 18.3 Å². The average molecular weight is 194 g/mol. The van der Waals surface area contributed by atoms with Crippen LogP contribution in [0.1, 0.15) is 10.4 Å². The third kappa shape index (κ3) is 1.22. The molecule has 1 aromatic heterocycles. The monoisotopic (exact) mass is 194 g/mol. The van der Waals surface area contributed by atoms with Gasteiger partial charge in [0.05, 0.1) is 16.5 Å². The van der Waals surface area contributed by atoms with Crippen molar-refractivity contribution in [2.24, 2.45) is 7.05 Å². The predicted octanol–water partition coefficient (Wildman–Crippen LogP) is 1.41. The number of aromatic nitrogens is 2. The molecule has 1 N–H and O–H groups in total. The van der Waals surface area contributed by atoms with Gasteiger partial charge in [0.15, 0.2) is 0 Å². The van der Waals surface area contributed by atoms with Gasteiger partial charge < -0.3 is 5.11 Å². The van der Waals surface area contributed by atoms with Gasteiger partial charge in [0.25, 0.3) is 0 Å². The summed E-state index contributed by atoms with van der Waals surface area (Å²) in [5.74, 6) is -1.72. The molecule has 5 heteroatoms. The summed E-state index contributed by atoms with van der Waals surface area (Å²) in [7, 11) is 1.65. The second kappa shape index (κ2) is 2.80. The summed E-state index contributed by atoms with van der Waals surface area (Å²) >= 11 is 0. The molecule has 0 saturated heterocycles. The molecule has 4 nitrogen and oxygen atoms in total. The molecule has 0 atom stereocenters. The van der Waals surface area contributed by atoms with E-state index >= 15 is 0 Å². The minimum atomic E-state index is -1.16. The van der Waals surface area contributed by atoms with Gasteiger partial charge in [-0.25, -0.2) is 9.18 Å². The van der Waals surface area contributed by atoms with Crippen molar-refractivity contribution in [2.45, 2.75) is 0 Å². The number of hydrogen-bond donors (Lipinski definition) is 1. The Labute approximate surface area is 78.6 Å². The Bertz CT molecular complexity index is 519. The first-order chi connectivity index (χ1) is 6.58. The molecule has 0 bridgehead atoms. The highest BCUT2D eigenvalue weighted by Crippen LogP contribution is 2.18. The van der Waals surface area contributed by atoms with Crippen molar-refractivity contribution in [1.29, 1.82) is 0 Å². The lowest BCUT2D eigenvalue weighted by Crippen LogP contribution is -1.96. The Balaban J connectivity index is 2.77. The molecule has 2 aromatic rings. The third-order valence-corrected chi connectivity index (χ3v) is 1.94. The minimum absolute atomic E-state index is 0.0892. The Morgan fingerprint density at radius 2 is 2.29 bits per heavy atom. The van der Waals surface area contributed by atoms with E-state index in [-0.39, 0.29) is 5.56 Å². The summed E-state index contributed by atoms with van der Waals surface area (Å²) in [5, 5.41) is 12.9. The summed E-state index contributed by atoms with van der Waals surface area (Å²) in [6.45, 7) is 0. The van der Waals surface area contributed by atoms with Gasteiger partial charge >= 0.3 is 5.97 Å². The molecule has 0 amide bonds. The van der Waals surface area contributed by atoms with E-state index in [4.69, 9.17) is 5.11 Å². The van der Waals surface area contributed by atoms with Crippen LogP contribution in [0, 0.1) is 5.82 Å². The van der Waals surface area contributed by atoms with Crippen molar-refractivity contribution in [3.05, 3.63) is 29.7 Å². The average Bonchev–Trinajstić information content (AvgIpc) is 2.45. The van der Waals surface area contributed by atoms with Crippen molar-refractivity contribution >= 4 is 16.9 Å². The van der Waals surface area contributed by atoms with Crippen LogP contribution in [0.4, 0.5) is 4.39 Å². The molecule has 0 radical (unpaired) electrons. The zero-order valence-corrected chi connectivity index (χ0v) is 7.36. The van der Waals surface area contributed by atoms with Crippen LogP contribution in [0.3, 0.4) is 0 Å². The van der Waals surface area contributed by atoms with Crippen LogP contribution in [0.5, 0.6) is 0 Å². The maximum Gasteiger partial charge on any atom is 0.335 e. The van der Waals surface area contributed by atoms with E-state index in [0.29, 0.717) is 10.9 Å². The quantitative estimate of drug-likeness (QED) is 0.746. The largest absolute Gasteiger partial charge is 0.478 e. The molecule has 14 heavy (non-hydrogen) atoms. The van der Waals surface area contributed by atoms with E-state index in [1.54, 1.807) is 7.05 Å². The van der Waals surface area contributed by atoms with Gasteiger partial charge in [-0.1, -0.05) is 0 Å². The number of benzene rings is 1. The summed E-state index contributed by atoms with van der Waals surface area (Å²) < 4.78 is 14.7. The summed E-state index contributed by atoms with van der Waals surface area (Å²) in [6.07, 6.45) is 1.51. The van der Waals surface area contributed by atoms with E-state index in [0.717, 1.165) is 6.07 Å². The number of aryl methyl sites for hydroxylation is 1. The smallest absolute Gasteiger partial charge is 0.335 e. The van der Waals surface area contributed by atoms with Crippen molar-refractivity contribution in [3.8, 4) is 0 Å². The van der Waals surface area contributed by atoms with E-state index < -0.39 is 11.8 Å². The van der Waals surface area contributed by atoms with Crippen LogP contribution < -0.4 is 0 Å². The van der Waals surface area contributed by atoms with E-state index in [1.807, 2.05) is 0 Å². The summed E-state index contributed by atoms with van der Waals surface area (Å²) in [5.41, 5.74) is 0.263. The molecule has 0 unspecified atom stereocenters. The fraction of sp³-hybridized carbons (Fsp3) is 0.111. The van der Waals surface area contributed by atoms with Crippen LogP contribution in [0.25, 0.3) is 10.9 Å². The molecule has 0 aliphatic carbocycles. The number of rotatable bonds is 1. The maximum atomic E-state index is 13.3. The van der Waals surface area contributed by atoms with Gasteiger partial charge in [0.2, 0.25) is 0 Å². The highest BCUT2D eigenvalue weighted by molar-refractivity contribution is 5.93. The molecule has 0 aliphatic heterocycles. The molecule has 0 aliphatic rings. The Morgan fingerprint density at radius 1 is 1.57 bits per heavy atom. The number of carbonyl (C=O) groups is 1. The lowest BCUT2D eigenvalue weighted by atomic mass is 10.1. The van der Waals surface area contributed by atoms with Gasteiger partial charge in [-0.15, -0.1) is 0 Å². The number of aromatic carboxylic acids is 1. The molecule has 72 valence electrons. The minimum Gasteiger partial charge on any atom is -0.478 e. The highest BCUT2D eigenvalue weighted by atomic mass is 19.1. The summed E-state index contributed by atoms with van der Waals surface area (Å²) in [4.78, 5) is 10.6. The second-order valence-corrected chi connectivity index (χ2v) is 3.00. The first-order valence-corrected chi connectivity index (χ1v) is 3.94. The van der Waals surface area contributed by atoms with Gasteiger partial charge in [0, 0.05) is 13.2 Å². The number of hydrogen-bond acceptors (Lipinski definition) is 2. The highest BCUT2D eigenvalue weighted by Gasteiger charge is 2.10. The fourth-order valence-electron chi connectivity index (χ4n) is 1.32. The van der Waals surface area contributed by atoms with E-state index in [2.05, 4.69) is 5.10 Å². The van der Waals surface area contributed by atoms with E-state index in [1.165, 1.54) is 16.9 Å². The molecule has 1 aromatic carbocycles. The van der Waals surface area contributed by atoms with Gasteiger partial charge in [-0.2, -0.15) is 5.10 Å². The van der Waals surface area contributed by atoms with Crippen molar-refractivity contribution in [2.75, 3.05) is 0 Å². The second-order valence-electron chi connectivity index (χ2n) is 3.00. The van der Waals surface area contributed by atoms with Crippen molar-refractivity contribution in [3.63, 3.8) is 0 Å². The number of nitrogens with zero attached hydrogens (tertiary/aromatic N) is 2. The van der Waals surface area contributed by atoms with Crippen LogP contribution in [-0.4, -0.2) is 20.9 Å². The number of carboxylic acids is 1. The molecular weight excluding hydrogens is 187 g/mol. The van der Waals surface area contributed by atoms with E-state index in [9.17, 15) is 9.18 Å². The Kier molecular flexibility index (Phi) is 1.73. The Hall–Kier alpha value is -1.91. The molecule has 0 saturated carbocycles. The zero-order valence-electron chi connectivity index (χ0n) is 7.36. The first kappa shape index (κ1) is 8.68. The SMILES string of the molecule is Cn1cc2c(F)cc(C(=O)O)cc2n1. The molecule has 0 fully saturated rings. The topological polar surface area (TPSA) is 55.1 Å². The van der Waals surface area contributed by atoms with Gasteiger partial charge in [0.1, 0.15) is 5.82 Å². The lowest BCUT2D eigenvalue weighted by Gasteiger charge is -1.94. The van der Waals surface area contributed by atoms with Crippen molar-refractivity contribution < 1.29 is 14.3 Å². The standard InChI is InChI=1S/C9H7FN2O2/c1-12-4-6-7(10)2-5(9(13)14)3-8(6)11-12/h2-4H,1H3,(H,13,14). The summed E-state index contributed by atoms with van der Waals surface area (Å²) in [6, 6.07) is 2.34. The third-order valence-electron chi connectivity index (χ3n) is 1.94. The predicted molar refractivity (Wildman–Crippen MR) is 47.6 cm³/mol.